The predicted molar refractivity (Wildman–Crippen MR) is 114 cm³/mol. The summed E-state index contributed by atoms with van der Waals surface area (Å²) in [6.45, 7) is 11.1. The molecule has 1 fully saturated rings. The molecule has 1 N–H and O–H groups in total. The molecule has 0 atom stereocenters. The fourth-order valence-corrected chi connectivity index (χ4v) is 3.75. The van der Waals surface area contributed by atoms with Gasteiger partial charge in [0.25, 0.3) is 0 Å². The summed E-state index contributed by atoms with van der Waals surface area (Å²) in [7, 11) is 1.62. The second-order valence-electron chi connectivity index (χ2n) is 7.34. The Kier molecular flexibility index (Phi) is 6.57. The molecule has 0 aliphatic carbocycles. The maximum atomic E-state index is 12.8. The summed E-state index contributed by atoms with van der Waals surface area (Å²) in [5.41, 5.74) is 3.18. The molecule has 1 aromatic heterocycles. The van der Waals surface area contributed by atoms with Gasteiger partial charge < -0.3 is 15.0 Å². The minimum Gasteiger partial charge on any atom is -0.497 e. The Morgan fingerprint density at radius 3 is 2.31 bits per heavy atom. The van der Waals surface area contributed by atoms with E-state index in [2.05, 4.69) is 28.1 Å². The minimum absolute atomic E-state index is 0.0984. The second kappa shape index (κ2) is 9.12. The van der Waals surface area contributed by atoms with Crippen LogP contribution in [-0.4, -0.2) is 66.7 Å². The van der Waals surface area contributed by atoms with Crippen molar-refractivity contribution >= 4 is 11.7 Å². The largest absolute Gasteiger partial charge is 0.497 e. The van der Waals surface area contributed by atoms with Crippen molar-refractivity contribution in [1.29, 1.82) is 5.26 Å². The quantitative estimate of drug-likeness (QED) is 0.814. The van der Waals surface area contributed by atoms with Crippen LogP contribution in [0.2, 0.25) is 0 Å². The SMILES string of the molecule is CCN1CCN(CC(=O)Nc2c(C#N)c(C)c(C)n2-c2ccc(OC)cc2)CC1. The van der Waals surface area contributed by atoms with Crippen LogP contribution >= 0.6 is 0 Å². The number of rotatable bonds is 6. The van der Waals surface area contributed by atoms with Crippen molar-refractivity contribution < 1.29 is 9.53 Å². The van der Waals surface area contributed by atoms with Crippen molar-refractivity contribution in [2.75, 3.05) is 51.7 Å². The molecule has 0 unspecified atom stereocenters. The lowest BCUT2D eigenvalue weighted by Crippen LogP contribution is -2.48. The highest BCUT2D eigenvalue weighted by Gasteiger charge is 2.23. The van der Waals surface area contributed by atoms with Crippen LogP contribution in [0, 0.1) is 25.2 Å². The molecule has 0 saturated carbocycles. The van der Waals surface area contributed by atoms with Crippen LogP contribution in [0.15, 0.2) is 24.3 Å². The van der Waals surface area contributed by atoms with Gasteiger partial charge in [0.2, 0.25) is 5.91 Å². The number of nitrogens with one attached hydrogen (secondary N) is 1. The first-order valence-corrected chi connectivity index (χ1v) is 9.99. The van der Waals surface area contributed by atoms with Gasteiger partial charge in [0.1, 0.15) is 17.6 Å². The van der Waals surface area contributed by atoms with Gasteiger partial charge in [0, 0.05) is 37.6 Å². The molecule has 0 bridgehead atoms. The number of benzene rings is 1. The number of hydrogen-bond acceptors (Lipinski definition) is 5. The lowest BCUT2D eigenvalue weighted by Gasteiger charge is -2.33. The number of nitrogens with zero attached hydrogens (tertiary/aromatic N) is 4. The van der Waals surface area contributed by atoms with Crippen LogP contribution in [-0.2, 0) is 4.79 Å². The Morgan fingerprint density at radius 1 is 1.14 bits per heavy atom. The Morgan fingerprint density at radius 2 is 1.76 bits per heavy atom. The lowest BCUT2D eigenvalue weighted by atomic mass is 10.2. The van der Waals surface area contributed by atoms with Crippen LogP contribution < -0.4 is 10.1 Å². The van der Waals surface area contributed by atoms with E-state index >= 15 is 0 Å². The van der Waals surface area contributed by atoms with Gasteiger partial charge in [0.15, 0.2) is 0 Å². The van der Waals surface area contributed by atoms with Crippen molar-refractivity contribution in [3.8, 4) is 17.5 Å². The highest BCUT2D eigenvalue weighted by molar-refractivity contribution is 5.93. The van der Waals surface area contributed by atoms with E-state index in [-0.39, 0.29) is 5.91 Å². The number of piperazine rings is 1. The van der Waals surface area contributed by atoms with Crippen LogP contribution in [0.1, 0.15) is 23.7 Å². The molecule has 0 radical (unpaired) electrons. The molecule has 1 aliphatic heterocycles. The van der Waals surface area contributed by atoms with E-state index in [1.54, 1.807) is 7.11 Å². The summed E-state index contributed by atoms with van der Waals surface area (Å²) in [4.78, 5) is 17.3. The summed E-state index contributed by atoms with van der Waals surface area (Å²) in [6, 6.07) is 9.84. The number of nitriles is 1. The fourth-order valence-electron chi connectivity index (χ4n) is 3.75. The van der Waals surface area contributed by atoms with Crippen LogP contribution in [0.25, 0.3) is 5.69 Å². The van der Waals surface area contributed by atoms with Crippen molar-refractivity contribution in [1.82, 2.24) is 14.4 Å². The van der Waals surface area contributed by atoms with Gasteiger partial charge in [0.05, 0.1) is 19.2 Å². The van der Waals surface area contributed by atoms with Gasteiger partial charge in [-0.1, -0.05) is 6.92 Å². The summed E-state index contributed by atoms with van der Waals surface area (Å²) >= 11 is 0. The lowest BCUT2D eigenvalue weighted by molar-refractivity contribution is -0.117. The van der Waals surface area contributed by atoms with E-state index in [4.69, 9.17) is 4.74 Å². The topological polar surface area (TPSA) is 73.5 Å². The zero-order chi connectivity index (χ0) is 21.0. The van der Waals surface area contributed by atoms with E-state index in [1.165, 1.54) is 0 Å². The van der Waals surface area contributed by atoms with E-state index in [9.17, 15) is 10.1 Å². The van der Waals surface area contributed by atoms with E-state index in [1.807, 2.05) is 42.7 Å². The molecule has 1 aliphatic rings. The second-order valence-corrected chi connectivity index (χ2v) is 7.34. The molecule has 29 heavy (non-hydrogen) atoms. The molecule has 2 heterocycles. The highest BCUT2D eigenvalue weighted by Crippen LogP contribution is 2.30. The third-order valence-electron chi connectivity index (χ3n) is 5.69. The molecular formula is C22H29N5O2. The molecule has 7 heteroatoms. The first-order chi connectivity index (χ1) is 14.0. The Labute approximate surface area is 172 Å². The first-order valence-electron chi connectivity index (χ1n) is 9.99. The van der Waals surface area contributed by atoms with Crippen LogP contribution in [0.3, 0.4) is 0 Å². The smallest absolute Gasteiger partial charge is 0.239 e. The number of carbonyl (C=O) groups excluding carboxylic acids is 1. The summed E-state index contributed by atoms with van der Waals surface area (Å²) in [5.74, 6) is 1.19. The number of anilines is 1. The maximum Gasteiger partial charge on any atom is 0.239 e. The van der Waals surface area contributed by atoms with Crippen molar-refractivity contribution in [2.24, 2.45) is 0 Å². The Bertz CT molecular complexity index is 903. The van der Waals surface area contributed by atoms with Gasteiger partial charge >= 0.3 is 0 Å². The minimum atomic E-state index is -0.0984. The molecule has 1 saturated heterocycles. The van der Waals surface area contributed by atoms with Crippen molar-refractivity contribution in [3.63, 3.8) is 0 Å². The molecule has 154 valence electrons. The monoisotopic (exact) mass is 395 g/mol. The average Bonchev–Trinajstić information content (AvgIpc) is 2.97. The number of methoxy groups -OCH3 is 1. The van der Waals surface area contributed by atoms with Gasteiger partial charge in [-0.15, -0.1) is 0 Å². The fraction of sp³-hybridized carbons (Fsp3) is 0.455. The van der Waals surface area contributed by atoms with Gasteiger partial charge in [-0.25, -0.2) is 0 Å². The normalized spacial score (nSPS) is 15.1. The zero-order valence-electron chi connectivity index (χ0n) is 17.7. The van der Waals surface area contributed by atoms with Gasteiger partial charge in [-0.2, -0.15) is 5.26 Å². The predicted octanol–water partition coefficient (Wildman–Crippen LogP) is 2.55. The first kappa shape index (κ1) is 20.9. The molecular weight excluding hydrogens is 366 g/mol. The van der Waals surface area contributed by atoms with Gasteiger partial charge in [-0.05, 0) is 50.2 Å². The standard InChI is InChI=1S/C22H29N5O2/c1-5-25-10-12-26(13-11-25)15-21(28)24-22-20(14-23)16(2)17(3)27(22)18-6-8-19(29-4)9-7-18/h6-9H,5,10-13,15H2,1-4H3,(H,24,28). The Balaban J connectivity index is 1.83. The number of likely N-dealkylation sites (N-methyl/N-ethyl adjacent to an activating group) is 1. The molecule has 2 aromatic rings. The third kappa shape index (κ3) is 4.44. The van der Waals surface area contributed by atoms with E-state index in [0.717, 1.165) is 55.4 Å². The van der Waals surface area contributed by atoms with E-state index < -0.39 is 0 Å². The number of ether oxygens (including phenoxy) is 1. The molecule has 3 rings (SSSR count). The molecule has 0 spiro atoms. The Hall–Kier alpha value is -2.82. The average molecular weight is 396 g/mol. The van der Waals surface area contributed by atoms with Crippen molar-refractivity contribution in [3.05, 3.63) is 41.1 Å². The number of aromatic nitrogens is 1. The van der Waals surface area contributed by atoms with Gasteiger partial charge in [-0.3, -0.25) is 14.3 Å². The number of amides is 1. The molecule has 1 amide bonds. The number of hydrogen-bond donors (Lipinski definition) is 1. The summed E-state index contributed by atoms with van der Waals surface area (Å²) in [5, 5.41) is 12.7. The summed E-state index contributed by atoms with van der Waals surface area (Å²) < 4.78 is 7.17. The van der Waals surface area contributed by atoms with Crippen LogP contribution in [0.4, 0.5) is 5.82 Å². The number of carbonyl (C=O) groups is 1. The third-order valence-corrected chi connectivity index (χ3v) is 5.69. The molecule has 1 aromatic carbocycles. The molecule has 7 nitrogen and oxygen atoms in total. The maximum absolute atomic E-state index is 12.8. The zero-order valence-corrected chi connectivity index (χ0v) is 17.7. The van der Waals surface area contributed by atoms with E-state index in [0.29, 0.717) is 17.9 Å². The summed E-state index contributed by atoms with van der Waals surface area (Å²) in [6.07, 6.45) is 0. The van der Waals surface area contributed by atoms with Crippen LogP contribution in [0.5, 0.6) is 5.75 Å². The highest BCUT2D eigenvalue weighted by atomic mass is 16.5. The van der Waals surface area contributed by atoms with Crippen molar-refractivity contribution in [2.45, 2.75) is 20.8 Å².